The van der Waals surface area contributed by atoms with Gasteiger partial charge in [0.05, 0.1) is 18.0 Å². The molecule has 1 amide bonds. The largest absolute Gasteiger partial charge is 0.477 e. The summed E-state index contributed by atoms with van der Waals surface area (Å²) in [6.07, 6.45) is 3.87. The van der Waals surface area contributed by atoms with E-state index in [0.29, 0.717) is 23.7 Å². The van der Waals surface area contributed by atoms with Crippen molar-refractivity contribution >= 4 is 23.5 Å². The van der Waals surface area contributed by atoms with Crippen LogP contribution in [0.5, 0.6) is 5.75 Å². The average molecular weight is 397 g/mol. The third kappa shape index (κ3) is 4.19. The number of methoxy groups -OCH3 is 1. The molecule has 1 aromatic heterocycles. The summed E-state index contributed by atoms with van der Waals surface area (Å²) in [4.78, 5) is 29.0. The summed E-state index contributed by atoms with van der Waals surface area (Å²) in [5.41, 5.74) is 4.32. The summed E-state index contributed by atoms with van der Waals surface area (Å²) in [7, 11) is 5.45. The molecule has 1 aliphatic rings. The van der Waals surface area contributed by atoms with Crippen molar-refractivity contribution in [3.63, 3.8) is 0 Å². The van der Waals surface area contributed by atoms with Crippen LogP contribution in [0.3, 0.4) is 0 Å². The van der Waals surface area contributed by atoms with Gasteiger partial charge in [-0.2, -0.15) is 0 Å². The van der Waals surface area contributed by atoms with Gasteiger partial charge in [-0.05, 0) is 29.7 Å². The summed E-state index contributed by atoms with van der Waals surface area (Å²) in [5, 5.41) is 2.97. The van der Waals surface area contributed by atoms with Gasteiger partial charge in [0.25, 0.3) is 5.91 Å². The topological polar surface area (TPSA) is 83.7 Å². The van der Waals surface area contributed by atoms with Gasteiger partial charge in [0.1, 0.15) is 0 Å². The first kappa shape index (κ1) is 20.7. The number of benzene rings is 1. The van der Waals surface area contributed by atoms with Gasteiger partial charge in [-0.3, -0.25) is 9.59 Å². The van der Waals surface area contributed by atoms with Crippen LogP contribution in [0, 0.1) is 5.92 Å². The molecule has 154 valence electrons. The number of hydrogen-bond acceptors (Lipinski definition) is 5. The molecule has 2 N–H and O–H groups in total. The lowest BCUT2D eigenvalue weighted by atomic mass is 9.94. The molecule has 0 fully saturated rings. The van der Waals surface area contributed by atoms with E-state index in [1.54, 1.807) is 13.3 Å². The molecule has 1 unspecified atom stereocenters. The first-order valence-corrected chi connectivity index (χ1v) is 9.50. The van der Waals surface area contributed by atoms with Gasteiger partial charge in [0, 0.05) is 50.3 Å². The van der Waals surface area contributed by atoms with Crippen LogP contribution < -0.4 is 10.1 Å². The number of nitrogens with one attached hydrogen (secondary N) is 2. The number of carbonyl (C=O) groups is 2. The van der Waals surface area contributed by atoms with Crippen LogP contribution in [0.2, 0.25) is 0 Å². The zero-order valence-electron chi connectivity index (χ0n) is 17.4. The second kappa shape index (κ2) is 8.53. The number of hydrogen-bond donors (Lipinski definition) is 2. The summed E-state index contributed by atoms with van der Waals surface area (Å²) in [6, 6.07) is 5.70. The van der Waals surface area contributed by atoms with Gasteiger partial charge < -0.3 is 24.7 Å². The second-order valence-corrected chi connectivity index (χ2v) is 7.65. The van der Waals surface area contributed by atoms with Crippen molar-refractivity contribution in [3.8, 4) is 5.75 Å². The fraction of sp³-hybridized carbons (Fsp3) is 0.364. The number of fused-ring (bicyclic) bond motifs is 1. The number of aldehydes is 1. The van der Waals surface area contributed by atoms with Gasteiger partial charge in [0.15, 0.2) is 18.1 Å². The van der Waals surface area contributed by atoms with E-state index in [9.17, 15) is 9.59 Å². The van der Waals surface area contributed by atoms with E-state index in [1.165, 1.54) is 0 Å². The number of carbonyl (C=O) groups excluding carboxylic acids is 2. The standard InChI is InChI=1S/C22H27N3O4/c1-13(2)20-22(27)24-18-9-14(12-28-5)8-16(21(18)29-20)17(10-25(3)4)15-6-7-23-19(15)11-26/h6-11,13,20,23H,12H2,1-5H3,(H,24,27)/b17-10+. The van der Waals surface area contributed by atoms with Crippen molar-refractivity contribution in [2.75, 3.05) is 26.5 Å². The van der Waals surface area contributed by atoms with Crippen molar-refractivity contribution in [1.82, 2.24) is 9.88 Å². The van der Waals surface area contributed by atoms with Gasteiger partial charge in [0.2, 0.25) is 0 Å². The Labute approximate surface area is 170 Å². The maximum Gasteiger partial charge on any atom is 0.265 e. The van der Waals surface area contributed by atoms with E-state index in [1.807, 2.05) is 57.2 Å². The SMILES string of the molecule is COCc1cc2c(c(/C(=C/N(C)C)c3cc[nH]c3C=O)c1)OC(C(C)C)C(=O)N2. The van der Waals surface area contributed by atoms with E-state index in [4.69, 9.17) is 9.47 Å². The Morgan fingerprint density at radius 1 is 1.31 bits per heavy atom. The number of rotatable bonds is 7. The lowest BCUT2D eigenvalue weighted by Crippen LogP contribution is -2.41. The predicted octanol–water partition coefficient (Wildman–Crippen LogP) is 3.28. The molecule has 7 heteroatoms. The molecule has 3 rings (SSSR count). The molecular formula is C22H27N3O4. The molecule has 0 saturated heterocycles. The van der Waals surface area contributed by atoms with Crippen molar-refractivity contribution in [3.05, 3.63) is 53.0 Å². The maximum absolute atomic E-state index is 12.5. The van der Waals surface area contributed by atoms with Crippen molar-refractivity contribution in [1.29, 1.82) is 0 Å². The number of nitrogens with zero attached hydrogens (tertiary/aromatic N) is 1. The van der Waals surface area contributed by atoms with E-state index in [0.717, 1.165) is 28.5 Å². The Morgan fingerprint density at radius 3 is 2.69 bits per heavy atom. The van der Waals surface area contributed by atoms with Crippen molar-refractivity contribution < 1.29 is 19.1 Å². The van der Waals surface area contributed by atoms with Crippen molar-refractivity contribution in [2.24, 2.45) is 5.92 Å². The lowest BCUT2D eigenvalue weighted by Gasteiger charge is -2.31. The number of aromatic nitrogens is 1. The van der Waals surface area contributed by atoms with Crippen LogP contribution in [-0.2, 0) is 16.1 Å². The molecule has 1 aliphatic heterocycles. The van der Waals surface area contributed by atoms with Gasteiger partial charge in [-0.15, -0.1) is 0 Å². The molecule has 0 saturated carbocycles. The number of aromatic amines is 1. The Bertz CT molecular complexity index is 944. The smallest absolute Gasteiger partial charge is 0.265 e. The molecule has 2 heterocycles. The monoisotopic (exact) mass is 397 g/mol. The quantitative estimate of drug-likeness (QED) is 0.701. The first-order chi connectivity index (χ1) is 13.8. The number of amides is 1. The molecule has 29 heavy (non-hydrogen) atoms. The number of H-pyrrole nitrogens is 1. The van der Waals surface area contributed by atoms with Crippen LogP contribution in [0.15, 0.2) is 30.6 Å². The second-order valence-electron chi connectivity index (χ2n) is 7.65. The third-order valence-corrected chi connectivity index (χ3v) is 4.69. The van der Waals surface area contributed by atoms with Crippen LogP contribution in [0.4, 0.5) is 5.69 Å². The van der Waals surface area contributed by atoms with Crippen LogP contribution >= 0.6 is 0 Å². The lowest BCUT2D eigenvalue weighted by molar-refractivity contribution is -0.125. The molecule has 0 spiro atoms. The molecule has 2 aromatic rings. The zero-order valence-corrected chi connectivity index (χ0v) is 17.4. The fourth-order valence-corrected chi connectivity index (χ4v) is 3.44. The third-order valence-electron chi connectivity index (χ3n) is 4.69. The first-order valence-electron chi connectivity index (χ1n) is 9.50. The average Bonchev–Trinajstić information content (AvgIpc) is 3.13. The highest BCUT2D eigenvalue weighted by atomic mass is 16.5. The maximum atomic E-state index is 12.5. The summed E-state index contributed by atoms with van der Waals surface area (Å²) < 4.78 is 11.5. The van der Waals surface area contributed by atoms with Gasteiger partial charge in [-0.25, -0.2) is 0 Å². The van der Waals surface area contributed by atoms with E-state index >= 15 is 0 Å². The Kier molecular flexibility index (Phi) is 6.08. The number of anilines is 1. The normalized spacial score (nSPS) is 16.3. The van der Waals surface area contributed by atoms with E-state index in [2.05, 4.69) is 10.3 Å². The molecular weight excluding hydrogens is 370 g/mol. The highest BCUT2D eigenvalue weighted by Crippen LogP contribution is 2.42. The van der Waals surface area contributed by atoms with Crippen LogP contribution in [0.25, 0.3) is 5.57 Å². The molecule has 0 bridgehead atoms. The van der Waals surface area contributed by atoms with E-state index < -0.39 is 6.10 Å². The molecule has 0 radical (unpaired) electrons. The zero-order chi connectivity index (χ0) is 21.1. The number of ether oxygens (including phenoxy) is 2. The van der Waals surface area contributed by atoms with Gasteiger partial charge in [-0.1, -0.05) is 13.8 Å². The summed E-state index contributed by atoms with van der Waals surface area (Å²) in [6.45, 7) is 4.27. The van der Waals surface area contributed by atoms with E-state index in [-0.39, 0.29) is 11.8 Å². The predicted molar refractivity (Wildman–Crippen MR) is 112 cm³/mol. The minimum Gasteiger partial charge on any atom is -0.477 e. The molecule has 1 atom stereocenters. The Morgan fingerprint density at radius 2 is 2.07 bits per heavy atom. The molecule has 0 aliphatic carbocycles. The van der Waals surface area contributed by atoms with Gasteiger partial charge >= 0.3 is 0 Å². The minimum absolute atomic E-state index is 0.00808. The molecule has 7 nitrogen and oxygen atoms in total. The highest BCUT2D eigenvalue weighted by Gasteiger charge is 2.33. The highest BCUT2D eigenvalue weighted by molar-refractivity contribution is 6.01. The minimum atomic E-state index is -0.591. The molecule has 1 aromatic carbocycles. The Balaban J connectivity index is 2.25. The van der Waals surface area contributed by atoms with Crippen LogP contribution in [0.1, 0.15) is 41.0 Å². The summed E-state index contributed by atoms with van der Waals surface area (Å²) in [5.74, 6) is 0.435. The van der Waals surface area contributed by atoms with Crippen molar-refractivity contribution in [2.45, 2.75) is 26.6 Å². The van der Waals surface area contributed by atoms with Crippen LogP contribution in [-0.4, -0.2) is 49.4 Å². The fourth-order valence-electron chi connectivity index (χ4n) is 3.44. The Hall–Kier alpha value is -3.06. The summed E-state index contributed by atoms with van der Waals surface area (Å²) >= 11 is 0.